The van der Waals surface area contributed by atoms with E-state index < -0.39 is 0 Å². The van der Waals surface area contributed by atoms with Gasteiger partial charge in [0.1, 0.15) is 5.82 Å². The van der Waals surface area contributed by atoms with E-state index >= 15 is 0 Å². The molecule has 3 rings (SSSR count). The number of benzene rings is 1. The van der Waals surface area contributed by atoms with Gasteiger partial charge < -0.3 is 20.3 Å². The van der Waals surface area contributed by atoms with E-state index in [1.807, 2.05) is 19.2 Å². The minimum absolute atomic E-state index is 0.125. The topological polar surface area (TPSA) is 52.1 Å². The van der Waals surface area contributed by atoms with Gasteiger partial charge in [-0.05, 0) is 49.8 Å². The number of nitrogens with zero attached hydrogens (tertiary/aromatic N) is 3. The molecule has 1 saturated heterocycles. The Balaban J connectivity index is 1.30. The zero-order valence-corrected chi connectivity index (χ0v) is 18.6. The van der Waals surface area contributed by atoms with E-state index in [0.717, 1.165) is 76.9 Å². The van der Waals surface area contributed by atoms with Crippen molar-refractivity contribution in [3.05, 3.63) is 30.1 Å². The quantitative estimate of drug-likeness (QED) is 0.347. The van der Waals surface area contributed by atoms with Crippen LogP contribution >= 0.6 is 0 Å². The van der Waals surface area contributed by atoms with Gasteiger partial charge in [-0.2, -0.15) is 0 Å². The number of para-hydroxylation sites is 1. The van der Waals surface area contributed by atoms with E-state index in [2.05, 4.69) is 25.4 Å². The molecule has 0 aromatic heterocycles. The van der Waals surface area contributed by atoms with Crippen LogP contribution in [0.1, 0.15) is 32.1 Å². The molecule has 2 N–H and O–H groups in total. The third kappa shape index (κ3) is 6.32. The van der Waals surface area contributed by atoms with Crippen molar-refractivity contribution in [2.75, 3.05) is 71.5 Å². The monoisotopic (exact) mass is 419 g/mol. The molecule has 168 valence electrons. The number of aliphatic imine (C=N–C) groups is 1. The summed E-state index contributed by atoms with van der Waals surface area (Å²) >= 11 is 0. The Labute approximate surface area is 180 Å². The third-order valence-corrected chi connectivity index (χ3v) is 6.61. The molecule has 7 heteroatoms. The number of anilines is 1. The second kappa shape index (κ2) is 11.5. The Morgan fingerprint density at radius 2 is 1.93 bits per heavy atom. The van der Waals surface area contributed by atoms with Gasteiger partial charge in [-0.15, -0.1) is 0 Å². The van der Waals surface area contributed by atoms with Crippen molar-refractivity contribution < 1.29 is 9.13 Å². The highest BCUT2D eigenvalue weighted by molar-refractivity contribution is 5.79. The first kappa shape index (κ1) is 22.8. The highest BCUT2D eigenvalue weighted by Crippen LogP contribution is 2.43. The Morgan fingerprint density at radius 3 is 2.57 bits per heavy atom. The van der Waals surface area contributed by atoms with Crippen LogP contribution in [-0.4, -0.2) is 77.4 Å². The standard InChI is InChI=1S/C23H38FN5O/c1-25-22(27-19-23(9-5-10-23)11-18-30-2)26-12-6-13-28-14-16-29(17-15-28)21-8-4-3-7-20(21)24/h3-4,7-8H,5-6,9-19H2,1-2H3,(H2,25,26,27). The van der Waals surface area contributed by atoms with Crippen molar-refractivity contribution >= 4 is 11.6 Å². The van der Waals surface area contributed by atoms with Crippen molar-refractivity contribution in [3.63, 3.8) is 0 Å². The van der Waals surface area contributed by atoms with Crippen molar-refractivity contribution in [1.29, 1.82) is 0 Å². The number of guanidine groups is 1. The van der Waals surface area contributed by atoms with Crippen LogP contribution in [0.15, 0.2) is 29.3 Å². The van der Waals surface area contributed by atoms with Gasteiger partial charge in [0.25, 0.3) is 0 Å². The summed E-state index contributed by atoms with van der Waals surface area (Å²) in [4.78, 5) is 8.98. The van der Waals surface area contributed by atoms with Crippen molar-refractivity contribution in [3.8, 4) is 0 Å². The fourth-order valence-corrected chi connectivity index (χ4v) is 4.43. The van der Waals surface area contributed by atoms with E-state index in [1.165, 1.54) is 19.3 Å². The van der Waals surface area contributed by atoms with Gasteiger partial charge in [0, 0.05) is 60.0 Å². The van der Waals surface area contributed by atoms with Gasteiger partial charge in [-0.3, -0.25) is 9.89 Å². The lowest BCUT2D eigenvalue weighted by Gasteiger charge is -2.42. The number of hydrogen-bond acceptors (Lipinski definition) is 4. The third-order valence-electron chi connectivity index (χ3n) is 6.61. The van der Waals surface area contributed by atoms with Gasteiger partial charge in [-0.1, -0.05) is 18.6 Å². The first-order chi connectivity index (χ1) is 14.7. The van der Waals surface area contributed by atoms with Crippen LogP contribution < -0.4 is 15.5 Å². The Kier molecular flexibility index (Phi) is 8.75. The number of halogens is 1. The predicted octanol–water partition coefficient (Wildman–Crippen LogP) is 2.71. The molecule has 1 aromatic rings. The average Bonchev–Trinajstić information content (AvgIpc) is 2.75. The smallest absolute Gasteiger partial charge is 0.190 e. The van der Waals surface area contributed by atoms with Crippen LogP contribution in [0.5, 0.6) is 0 Å². The van der Waals surface area contributed by atoms with E-state index in [4.69, 9.17) is 4.74 Å². The molecule has 0 amide bonds. The molecule has 6 nitrogen and oxygen atoms in total. The molecule has 2 aliphatic rings. The largest absolute Gasteiger partial charge is 0.385 e. The fourth-order valence-electron chi connectivity index (χ4n) is 4.43. The number of nitrogens with one attached hydrogen (secondary N) is 2. The summed E-state index contributed by atoms with van der Waals surface area (Å²) in [6.07, 6.45) is 6.06. The maximum absolute atomic E-state index is 14.0. The van der Waals surface area contributed by atoms with Crippen LogP contribution in [0.4, 0.5) is 10.1 Å². The van der Waals surface area contributed by atoms with E-state index in [1.54, 1.807) is 19.2 Å². The SMILES string of the molecule is CN=C(NCCCN1CCN(c2ccccc2F)CC1)NCC1(CCOC)CCC1. The first-order valence-corrected chi connectivity index (χ1v) is 11.3. The fraction of sp³-hybridized carbons (Fsp3) is 0.696. The normalized spacial score (nSPS) is 19.4. The van der Waals surface area contributed by atoms with Crippen LogP contribution in [-0.2, 0) is 4.74 Å². The van der Waals surface area contributed by atoms with Crippen molar-refractivity contribution in [1.82, 2.24) is 15.5 Å². The molecule has 1 aliphatic carbocycles. The second-order valence-corrected chi connectivity index (χ2v) is 8.58. The molecule has 1 aromatic carbocycles. The van der Waals surface area contributed by atoms with Crippen LogP contribution in [0, 0.1) is 11.2 Å². The number of hydrogen-bond donors (Lipinski definition) is 2. The number of methoxy groups -OCH3 is 1. The van der Waals surface area contributed by atoms with Crippen molar-refractivity contribution in [2.45, 2.75) is 32.1 Å². The van der Waals surface area contributed by atoms with Gasteiger partial charge in [0.05, 0.1) is 5.69 Å². The number of ether oxygens (including phenoxy) is 1. The molecular weight excluding hydrogens is 381 g/mol. The summed E-state index contributed by atoms with van der Waals surface area (Å²) in [6, 6.07) is 7.06. The van der Waals surface area contributed by atoms with Crippen LogP contribution in [0.25, 0.3) is 0 Å². The predicted molar refractivity (Wildman–Crippen MR) is 122 cm³/mol. The number of piperazine rings is 1. The average molecular weight is 420 g/mol. The second-order valence-electron chi connectivity index (χ2n) is 8.58. The minimum Gasteiger partial charge on any atom is -0.385 e. The maximum Gasteiger partial charge on any atom is 0.190 e. The highest BCUT2D eigenvalue weighted by Gasteiger charge is 2.36. The number of rotatable bonds is 10. The Hall–Kier alpha value is -1.86. The summed E-state index contributed by atoms with van der Waals surface area (Å²) in [5, 5.41) is 6.97. The zero-order valence-electron chi connectivity index (χ0n) is 18.6. The van der Waals surface area contributed by atoms with Gasteiger partial charge in [0.2, 0.25) is 0 Å². The van der Waals surface area contributed by atoms with Gasteiger partial charge >= 0.3 is 0 Å². The van der Waals surface area contributed by atoms with E-state index in [0.29, 0.717) is 5.41 Å². The lowest BCUT2D eigenvalue weighted by molar-refractivity contribution is 0.0732. The summed E-state index contributed by atoms with van der Waals surface area (Å²) in [6.45, 7) is 7.45. The molecular formula is C23H38FN5O. The molecule has 1 heterocycles. The first-order valence-electron chi connectivity index (χ1n) is 11.3. The molecule has 2 fully saturated rings. The molecule has 0 unspecified atom stereocenters. The Morgan fingerprint density at radius 1 is 1.17 bits per heavy atom. The summed E-state index contributed by atoms with van der Waals surface area (Å²) in [5.74, 6) is 0.767. The van der Waals surface area contributed by atoms with E-state index in [9.17, 15) is 4.39 Å². The molecule has 0 bridgehead atoms. The lowest BCUT2D eigenvalue weighted by Crippen LogP contribution is -2.48. The lowest BCUT2D eigenvalue weighted by atomic mass is 9.67. The Bertz CT molecular complexity index is 671. The molecule has 0 radical (unpaired) electrons. The molecule has 1 aliphatic heterocycles. The summed E-state index contributed by atoms with van der Waals surface area (Å²) < 4.78 is 19.2. The van der Waals surface area contributed by atoms with Gasteiger partial charge in [-0.25, -0.2) is 4.39 Å². The summed E-state index contributed by atoms with van der Waals surface area (Å²) in [7, 11) is 3.61. The molecule has 1 saturated carbocycles. The minimum atomic E-state index is -0.125. The maximum atomic E-state index is 14.0. The van der Waals surface area contributed by atoms with E-state index in [-0.39, 0.29) is 5.82 Å². The van der Waals surface area contributed by atoms with Crippen LogP contribution in [0.2, 0.25) is 0 Å². The zero-order chi connectivity index (χ0) is 21.2. The molecule has 0 atom stereocenters. The highest BCUT2D eigenvalue weighted by atomic mass is 19.1. The molecule has 30 heavy (non-hydrogen) atoms. The summed E-state index contributed by atoms with van der Waals surface area (Å²) in [5.41, 5.74) is 1.11. The molecule has 0 spiro atoms. The van der Waals surface area contributed by atoms with Crippen LogP contribution in [0.3, 0.4) is 0 Å². The van der Waals surface area contributed by atoms with Gasteiger partial charge in [0.15, 0.2) is 5.96 Å². The van der Waals surface area contributed by atoms with Crippen molar-refractivity contribution in [2.24, 2.45) is 10.4 Å².